The molecule has 0 saturated heterocycles. The van der Waals surface area contributed by atoms with Gasteiger partial charge >= 0.3 is 0 Å². The van der Waals surface area contributed by atoms with E-state index in [9.17, 15) is 14.4 Å². The van der Waals surface area contributed by atoms with Crippen molar-refractivity contribution in [3.63, 3.8) is 0 Å². The van der Waals surface area contributed by atoms with Crippen LogP contribution in [0.15, 0.2) is 23.8 Å². The molecule has 0 spiro atoms. The number of Topliss-reactive ketones (excluding diaryl/α,β-unsaturated/α-hetero) is 1. The van der Waals surface area contributed by atoms with Crippen LogP contribution in [0.2, 0.25) is 0 Å². The van der Waals surface area contributed by atoms with Crippen molar-refractivity contribution in [3.8, 4) is 0 Å². The smallest absolute Gasteiger partial charge is 0.236 e. The van der Waals surface area contributed by atoms with Crippen LogP contribution in [0.5, 0.6) is 0 Å². The molecule has 1 unspecified atom stereocenters. The van der Waals surface area contributed by atoms with Gasteiger partial charge in [-0.2, -0.15) is 0 Å². The molecule has 0 bridgehead atoms. The summed E-state index contributed by atoms with van der Waals surface area (Å²) in [5.41, 5.74) is -0.518. The van der Waals surface area contributed by atoms with E-state index in [0.29, 0.717) is 0 Å². The van der Waals surface area contributed by atoms with Gasteiger partial charge in [0.2, 0.25) is 11.6 Å². The van der Waals surface area contributed by atoms with Crippen molar-refractivity contribution in [2.75, 3.05) is 0 Å². The second kappa shape index (κ2) is 2.89. The molecule has 3 nitrogen and oxygen atoms in total. The van der Waals surface area contributed by atoms with Crippen LogP contribution in [0.4, 0.5) is 0 Å². The van der Waals surface area contributed by atoms with E-state index < -0.39 is 17.1 Å². The molecule has 0 radical (unpaired) electrons. The van der Waals surface area contributed by atoms with E-state index in [4.69, 9.17) is 0 Å². The van der Waals surface area contributed by atoms with Gasteiger partial charge in [0.25, 0.3) is 0 Å². The van der Waals surface area contributed by atoms with Crippen LogP contribution in [-0.2, 0) is 14.4 Å². The summed E-state index contributed by atoms with van der Waals surface area (Å²) in [5.74, 6) is -1.37. The third kappa shape index (κ3) is 1.49. The maximum Gasteiger partial charge on any atom is 0.236 e. The van der Waals surface area contributed by atoms with Gasteiger partial charge in [-0.1, -0.05) is 15.3 Å². The Morgan fingerprint density at radius 2 is 2.00 bits per heavy atom. The summed E-state index contributed by atoms with van der Waals surface area (Å²) in [5, 5.41) is 0. The van der Waals surface area contributed by atoms with E-state index in [0.717, 1.165) is 6.08 Å². The largest absolute Gasteiger partial charge is 0.289 e. The first-order chi connectivity index (χ1) is 5.13. The third-order valence-corrected chi connectivity index (χ3v) is 1.56. The van der Waals surface area contributed by atoms with Gasteiger partial charge < -0.3 is 0 Å². The lowest BCUT2D eigenvalue weighted by Crippen LogP contribution is -2.19. The molecule has 0 aliphatic heterocycles. The highest BCUT2D eigenvalue weighted by Gasteiger charge is 2.21. The maximum absolute atomic E-state index is 10.9. The highest BCUT2D eigenvalue weighted by molar-refractivity contribution is 7.41. The minimum atomic E-state index is -0.729. The van der Waals surface area contributed by atoms with E-state index in [1.807, 2.05) is 9.24 Å². The summed E-state index contributed by atoms with van der Waals surface area (Å²) in [6, 6.07) is 0. The van der Waals surface area contributed by atoms with Gasteiger partial charge in [-0.15, -0.1) is 0 Å². The number of ketones is 2. The lowest BCUT2D eigenvalue weighted by atomic mass is 10.0. The van der Waals surface area contributed by atoms with Gasteiger partial charge in [0.15, 0.2) is 5.52 Å². The van der Waals surface area contributed by atoms with Crippen molar-refractivity contribution in [3.05, 3.63) is 23.8 Å². The zero-order chi connectivity index (χ0) is 8.43. The van der Waals surface area contributed by atoms with Crippen molar-refractivity contribution in [1.82, 2.24) is 0 Å². The minimum absolute atomic E-state index is 0.0671. The lowest BCUT2D eigenvalue weighted by Gasteiger charge is -2.00. The Morgan fingerprint density at radius 1 is 1.36 bits per heavy atom. The van der Waals surface area contributed by atoms with Crippen molar-refractivity contribution in [2.24, 2.45) is 0 Å². The van der Waals surface area contributed by atoms with Gasteiger partial charge in [0.05, 0.1) is 5.57 Å². The Morgan fingerprint density at radius 3 is 2.45 bits per heavy atom. The number of carbonyl (C=O) groups excluding carboxylic acids is 3. The molecule has 0 aromatic rings. The van der Waals surface area contributed by atoms with Gasteiger partial charge in [-0.25, -0.2) is 0 Å². The summed E-state index contributed by atoms with van der Waals surface area (Å²) < 4.78 is 0. The molecule has 0 aromatic heterocycles. The molecule has 56 valence electrons. The summed E-state index contributed by atoms with van der Waals surface area (Å²) in [6.07, 6.45) is 3.86. The second-order valence-electron chi connectivity index (χ2n) is 2.00. The van der Waals surface area contributed by atoms with Crippen molar-refractivity contribution >= 4 is 26.3 Å². The Hall–Kier alpha value is -1.08. The maximum atomic E-state index is 10.9. The Kier molecular flexibility index (Phi) is 2.11. The number of hydrogen-bond donors (Lipinski definition) is 0. The fourth-order valence-electron chi connectivity index (χ4n) is 0.710. The van der Waals surface area contributed by atoms with E-state index in [2.05, 4.69) is 0 Å². The van der Waals surface area contributed by atoms with Gasteiger partial charge in [0, 0.05) is 0 Å². The Labute approximate surface area is 65.4 Å². The van der Waals surface area contributed by atoms with Gasteiger partial charge in [-0.3, -0.25) is 14.4 Å². The normalized spacial score (nSPS) is 16.6. The molecule has 0 N–H and O–H groups in total. The first-order valence-corrected chi connectivity index (χ1v) is 3.47. The van der Waals surface area contributed by atoms with E-state index in [1.165, 1.54) is 12.2 Å². The molecule has 1 aliphatic rings. The number of rotatable bonds is 1. The molecule has 4 heteroatoms. The van der Waals surface area contributed by atoms with Crippen LogP contribution >= 0.6 is 9.24 Å². The highest BCUT2D eigenvalue weighted by Crippen LogP contribution is 2.09. The first kappa shape index (κ1) is 8.02. The Balaban J connectivity index is 3.06. The molecular weight excluding hydrogens is 163 g/mol. The van der Waals surface area contributed by atoms with Crippen molar-refractivity contribution < 1.29 is 14.4 Å². The molecule has 0 saturated carbocycles. The van der Waals surface area contributed by atoms with Gasteiger partial charge in [0.1, 0.15) is 0 Å². The van der Waals surface area contributed by atoms with Crippen LogP contribution in [0.25, 0.3) is 0 Å². The average molecular weight is 168 g/mol. The standard InChI is InChI=1S/C7H5O3P/c8-5-3-1-2-4(6(5)9)7(10)11/h1-3H,11H2. The van der Waals surface area contributed by atoms with Crippen molar-refractivity contribution in [1.29, 1.82) is 0 Å². The van der Waals surface area contributed by atoms with E-state index >= 15 is 0 Å². The predicted octanol–water partition coefficient (Wildman–Crippen LogP) is 0.0225. The fourth-order valence-corrected chi connectivity index (χ4v) is 0.937. The highest BCUT2D eigenvalue weighted by atomic mass is 31.0. The van der Waals surface area contributed by atoms with Gasteiger partial charge in [-0.05, 0) is 12.2 Å². The number of hydrogen-bond acceptors (Lipinski definition) is 3. The van der Waals surface area contributed by atoms with Crippen LogP contribution in [0.1, 0.15) is 0 Å². The molecule has 1 aliphatic carbocycles. The quantitative estimate of drug-likeness (QED) is 0.240. The summed E-state index contributed by atoms with van der Waals surface area (Å²) in [4.78, 5) is 32.2. The van der Waals surface area contributed by atoms with E-state index in [-0.39, 0.29) is 5.57 Å². The second-order valence-corrected chi connectivity index (χ2v) is 2.52. The Bertz CT molecular complexity index is 299. The topological polar surface area (TPSA) is 51.2 Å². The number of carbonyl (C=O) groups is 3. The summed E-state index contributed by atoms with van der Waals surface area (Å²) in [7, 11) is 1.85. The minimum Gasteiger partial charge on any atom is -0.289 e. The molecule has 0 aromatic carbocycles. The lowest BCUT2D eigenvalue weighted by molar-refractivity contribution is -0.132. The van der Waals surface area contributed by atoms with Crippen LogP contribution < -0.4 is 0 Å². The molecule has 1 rings (SSSR count). The van der Waals surface area contributed by atoms with E-state index in [1.54, 1.807) is 0 Å². The monoisotopic (exact) mass is 168 g/mol. The molecule has 1 atom stereocenters. The van der Waals surface area contributed by atoms with Crippen LogP contribution in [-0.4, -0.2) is 17.1 Å². The SMILES string of the molecule is O=C(P)C1=CC=CC(=O)C1=O. The summed E-state index contributed by atoms with van der Waals surface area (Å²) in [6.45, 7) is 0. The van der Waals surface area contributed by atoms with Crippen molar-refractivity contribution in [2.45, 2.75) is 0 Å². The zero-order valence-electron chi connectivity index (χ0n) is 5.53. The fraction of sp³-hybridized carbons (Fsp3) is 0. The first-order valence-electron chi connectivity index (χ1n) is 2.90. The predicted molar refractivity (Wildman–Crippen MR) is 42.0 cm³/mol. The average Bonchev–Trinajstić information content (AvgIpc) is 1.94. The molecule has 11 heavy (non-hydrogen) atoms. The van der Waals surface area contributed by atoms with Crippen LogP contribution in [0.3, 0.4) is 0 Å². The number of allylic oxidation sites excluding steroid dienone is 4. The molecule has 0 amide bonds. The van der Waals surface area contributed by atoms with Crippen LogP contribution in [0, 0.1) is 0 Å². The third-order valence-electron chi connectivity index (χ3n) is 1.24. The summed E-state index contributed by atoms with van der Waals surface area (Å²) >= 11 is 0. The molecule has 0 heterocycles. The zero-order valence-corrected chi connectivity index (χ0v) is 6.69. The molecular formula is C7H5O3P. The molecule has 0 fully saturated rings.